The van der Waals surface area contributed by atoms with Gasteiger partial charge in [0.05, 0.1) is 21.8 Å². The Balaban J connectivity index is 1.38. The zero-order chi connectivity index (χ0) is 19.7. The molecule has 0 bridgehead atoms. The van der Waals surface area contributed by atoms with E-state index in [1.165, 1.54) is 4.90 Å². The van der Waals surface area contributed by atoms with E-state index in [0.717, 1.165) is 20.9 Å². The highest BCUT2D eigenvalue weighted by atomic mass is 32.1. The number of rotatable bonds is 6. The van der Waals surface area contributed by atoms with Gasteiger partial charge in [0, 0.05) is 31.1 Å². The van der Waals surface area contributed by atoms with Gasteiger partial charge in [0.25, 0.3) is 5.91 Å². The fraction of sp³-hybridized carbons (Fsp3) is 0.263. The molecule has 4 rings (SSSR count). The highest BCUT2D eigenvalue weighted by Crippen LogP contribution is 2.26. The minimum absolute atomic E-state index is 0.177. The average Bonchev–Trinajstić information content (AvgIpc) is 3.38. The fourth-order valence-electron chi connectivity index (χ4n) is 2.79. The molecule has 1 amide bonds. The van der Waals surface area contributed by atoms with Crippen LogP contribution in [0.25, 0.3) is 10.2 Å². The van der Waals surface area contributed by atoms with Crippen molar-refractivity contribution in [1.29, 1.82) is 0 Å². The second-order valence-corrected chi connectivity index (χ2v) is 7.74. The van der Waals surface area contributed by atoms with Crippen molar-refractivity contribution < 1.29 is 14.1 Å². The molecule has 0 aliphatic rings. The maximum atomic E-state index is 12.5. The SMILES string of the molecule is Cc1cnc(CN(C)C(=O)c2cc(COc3ccc4sc(C)nc4c3)on2)[nH]1. The first kappa shape index (κ1) is 18.2. The fourth-order valence-corrected chi connectivity index (χ4v) is 3.60. The second kappa shape index (κ2) is 7.43. The van der Waals surface area contributed by atoms with E-state index in [9.17, 15) is 4.79 Å². The van der Waals surface area contributed by atoms with Crippen molar-refractivity contribution in [2.24, 2.45) is 0 Å². The van der Waals surface area contributed by atoms with Crippen LogP contribution in [-0.2, 0) is 13.2 Å². The lowest BCUT2D eigenvalue weighted by atomic mass is 10.3. The second-order valence-electron chi connectivity index (χ2n) is 6.50. The molecule has 0 aliphatic heterocycles. The highest BCUT2D eigenvalue weighted by Gasteiger charge is 2.18. The van der Waals surface area contributed by atoms with Crippen molar-refractivity contribution in [3.8, 4) is 5.75 Å². The standard InChI is InChI=1S/C19H19N5O3S/c1-11-8-20-18(21-11)9-24(3)19(25)16-7-14(27-23-16)10-26-13-4-5-17-15(6-13)22-12(2)28-17/h4-8H,9-10H2,1-3H3,(H,20,21). The van der Waals surface area contributed by atoms with Crippen LogP contribution in [0.15, 0.2) is 35.0 Å². The number of hydrogen-bond donors (Lipinski definition) is 1. The number of aromatic nitrogens is 4. The molecular formula is C19H19N5O3S. The molecule has 8 nitrogen and oxygen atoms in total. The van der Waals surface area contributed by atoms with E-state index in [1.807, 2.05) is 32.0 Å². The number of imidazole rings is 1. The Labute approximate surface area is 165 Å². The lowest BCUT2D eigenvalue weighted by Gasteiger charge is -2.13. The van der Waals surface area contributed by atoms with E-state index >= 15 is 0 Å². The Morgan fingerprint density at radius 2 is 2.18 bits per heavy atom. The molecule has 144 valence electrons. The van der Waals surface area contributed by atoms with Crippen molar-refractivity contribution in [3.63, 3.8) is 0 Å². The summed E-state index contributed by atoms with van der Waals surface area (Å²) in [7, 11) is 1.69. The number of hydrogen-bond acceptors (Lipinski definition) is 7. The maximum absolute atomic E-state index is 12.5. The number of H-pyrrole nitrogens is 1. The van der Waals surface area contributed by atoms with Gasteiger partial charge in [-0.15, -0.1) is 11.3 Å². The summed E-state index contributed by atoms with van der Waals surface area (Å²) >= 11 is 1.64. The molecular weight excluding hydrogens is 378 g/mol. The van der Waals surface area contributed by atoms with Crippen LogP contribution >= 0.6 is 11.3 Å². The predicted molar refractivity (Wildman–Crippen MR) is 104 cm³/mol. The highest BCUT2D eigenvalue weighted by molar-refractivity contribution is 7.18. The van der Waals surface area contributed by atoms with Gasteiger partial charge in [0.15, 0.2) is 11.5 Å². The summed E-state index contributed by atoms with van der Waals surface area (Å²) in [6.45, 7) is 4.42. The van der Waals surface area contributed by atoms with E-state index < -0.39 is 0 Å². The van der Waals surface area contributed by atoms with Crippen molar-refractivity contribution in [3.05, 3.63) is 58.4 Å². The minimum Gasteiger partial charge on any atom is -0.485 e. The maximum Gasteiger partial charge on any atom is 0.276 e. The lowest BCUT2D eigenvalue weighted by Crippen LogP contribution is -2.27. The summed E-state index contributed by atoms with van der Waals surface area (Å²) in [6.07, 6.45) is 1.73. The topological polar surface area (TPSA) is 97.1 Å². The first-order valence-corrected chi connectivity index (χ1v) is 9.51. The Morgan fingerprint density at radius 3 is 2.96 bits per heavy atom. The van der Waals surface area contributed by atoms with E-state index in [4.69, 9.17) is 9.26 Å². The summed E-state index contributed by atoms with van der Waals surface area (Å²) in [5.41, 5.74) is 2.08. The molecule has 3 aromatic heterocycles. The number of nitrogens with one attached hydrogen (secondary N) is 1. The van der Waals surface area contributed by atoms with E-state index in [0.29, 0.717) is 23.9 Å². The number of carbonyl (C=O) groups excluding carboxylic acids is 1. The molecule has 0 aliphatic carbocycles. The first-order valence-electron chi connectivity index (χ1n) is 8.69. The van der Waals surface area contributed by atoms with Gasteiger partial charge in [-0.1, -0.05) is 5.16 Å². The summed E-state index contributed by atoms with van der Waals surface area (Å²) in [4.78, 5) is 25.8. The van der Waals surface area contributed by atoms with Gasteiger partial charge in [0.2, 0.25) is 0 Å². The van der Waals surface area contributed by atoms with Gasteiger partial charge in [-0.05, 0) is 26.0 Å². The van der Waals surface area contributed by atoms with Crippen LogP contribution in [0.3, 0.4) is 0 Å². The minimum atomic E-state index is -0.247. The molecule has 28 heavy (non-hydrogen) atoms. The molecule has 0 unspecified atom stereocenters. The summed E-state index contributed by atoms with van der Waals surface area (Å²) in [5.74, 6) is 1.63. The van der Waals surface area contributed by atoms with Crippen LogP contribution in [0.1, 0.15) is 32.8 Å². The van der Waals surface area contributed by atoms with E-state index in [1.54, 1.807) is 30.6 Å². The Hall–Kier alpha value is -3.20. The number of aryl methyl sites for hydroxylation is 2. The predicted octanol–water partition coefficient (Wildman–Crippen LogP) is 3.48. The molecule has 0 atom stereocenters. The van der Waals surface area contributed by atoms with Crippen LogP contribution in [-0.4, -0.2) is 38.0 Å². The summed E-state index contributed by atoms with van der Waals surface area (Å²) in [5, 5.41) is 4.88. The van der Waals surface area contributed by atoms with E-state index in [-0.39, 0.29) is 18.2 Å². The van der Waals surface area contributed by atoms with Gasteiger partial charge in [-0.25, -0.2) is 9.97 Å². The lowest BCUT2D eigenvalue weighted by molar-refractivity contribution is 0.0771. The van der Waals surface area contributed by atoms with Crippen molar-refractivity contribution in [2.75, 3.05) is 7.05 Å². The largest absolute Gasteiger partial charge is 0.485 e. The third-order valence-corrected chi connectivity index (χ3v) is 5.07. The van der Waals surface area contributed by atoms with Gasteiger partial charge in [-0.2, -0.15) is 0 Å². The van der Waals surface area contributed by atoms with Gasteiger partial charge < -0.3 is 19.1 Å². The zero-order valence-corrected chi connectivity index (χ0v) is 16.5. The molecule has 0 radical (unpaired) electrons. The number of aromatic amines is 1. The number of fused-ring (bicyclic) bond motifs is 1. The van der Waals surface area contributed by atoms with Gasteiger partial charge in [-0.3, -0.25) is 4.79 Å². The van der Waals surface area contributed by atoms with E-state index in [2.05, 4.69) is 20.1 Å². The van der Waals surface area contributed by atoms with Crippen LogP contribution in [0.5, 0.6) is 5.75 Å². The molecule has 4 aromatic rings. The zero-order valence-electron chi connectivity index (χ0n) is 15.7. The van der Waals surface area contributed by atoms with Crippen molar-refractivity contribution in [1.82, 2.24) is 25.0 Å². The van der Waals surface area contributed by atoms with Crippen LogP contribution in [0.4, 0.5) is 0 Å². The monoisotopic (exact) mass is 397 g/mol. The third kappa shape index (κ3) is 3.89. The van der Waals surface area contributed by atoms with Crippen molar-refractivity contribution >= 4 is 27.5 Å². The Kier molecular flexibility index (Phi) is 4.82. The Bertz CT molecular complexity index is 1130. The molecule has 0 saturated carbocycles. The molecule has 9 heteroatoms. The van der Waals surface area contributed by atoms with Gasteiger partial charge >= 0.3 is 0 Å². The quantitative estimate of drug-likeness (QED) is 0.535. The number of nitrogens with zero attached hydrogens (tertiary/aromatic N) is 4. The van der Waals surface area contributed by atoms with Crippen molar-refractivity contribution in [2.45, 2.75) is 27.0 Å². The third-order valence-electron chi connectivity index (χ3n) is 4.11. The number of benzene rings is 1. The first-order chi connectivity index (χ1) is 13.5. The molecule has 3 heterocycles. The number of thiazole rings is 1. The molecule has 0 saturated heterocycles. The number of ether oxygens (including phenoxy) is 1. The summed E-state index contributed by atoms with van der Waals surface area (Å²) in [6, 6.07) is 7.36. The molecule has 1 aromatic carbocycles. The molecule has 0 fully saturated rings. The molecule has 0 spiro atoms. The molecule has 1 N–H and O–H groups in total. The number of amides is 1. The normalized spacial score (nSPS) is 11.1. The smallest absolute Gasteiger partial charge is 0.276 e. The van der Waals surface area contributed by atoms with Crippen LogP contribution in [0.2, 0.25) is 0 Å². The Morgan fingerprint density at radius 1 is 1.32 bits per heavy atom. The van der Waals surface area contributed by atoms with Gasteiger partial charge in [0.1, 0.15) is 18.2 Å². The number of carbonyl (C=O) groups is 1. The van der Waals surface area contributed by atoms with Crippen LogP contribution < -0.4 is 4.74 Å². The van der Waals surface area contributed by atoms with Crippen LogP contribution in [0, 0.1) is 13.8 Å². The average molecular weight is 397 g/mol. The summed E-state index contributed by atoms with van der Waals surface area (Å²) < 4.78 is 12.1.